The molecule has 1 aliphatic carbocycles. The van der Waals surface area contributed by atoms with E-state index in [-0.39, 0.29) is 11.8 Å². The fraction of sp³-hybridized carbons (Fsp3) is 0.333. The van der Waals surface area contributed by atoms with Gasteiger partial charge < -0.3 is 20.3 Å². The molecule has 0 radical (unpaired) electrons. The highest BCUT2D eigenvalue weighted by Crippen LogP contribution is 2.38. The molecule has 0 atom stereocenters. The van der Waals surface area contributed by atoms with Crippen molar-refractivity contribution in [1.82, 2.24) is 15.0 Å². The van der Waals surface area contributed by atoms with Crippen molar-refractivity contribution in [3.63, 3.8) is 0 Å². The molecule has 9 heteroatoms. The summed E-state index contributed by atoms with van der Waals surface area (Å²) in [5.74, 6) is 1.47. The Morgan fingerprint density at radius 1 is 1.12 bits per heavy atom. The molecule has 3 aromatic heterocycles. The van der Waals surface area contributed by atoms with Crippen LogP contribution in [0.25, 0.3) is 31.6 Å². The quantitative estimate of drug-likeness (QED) is 0.463. The summed E-state index contributed by atoms with van der Waals surface area (Å²) in [7, 11) is 1.84. The summed E-state index contributed by atoms with van der Waals surface area (Å²) in [4.78, 5) is 28.6. The number of thiazole rings is 1. The highest BCUT2D eigenvalue weighted by Gasteiger charge is 2.30. The Balaban J connectivity index is 1.41. The molecule has 4 heterocycles. The molecule has 1 aliphatic heterocycles. The van der Waals surface area contributed by atoms with Gasteiger partial charge in [0.2, 0.25) is 5.91 Å². The SMILES string of the molecule is CNc1ncc(-c2nc3ccc(N4CCOCC4)cc3s2)c2cc(NC(=O)C3CC3)ncc12. The number of carbonyl (C=O) groups is 1. The van der Waals surface area contributed by atoms with Crippen LogP contribution in [0.1, 0.15) is 12.8 Å². The van der Waals surface area contributed by atoms with Gasteiger partial charge >= 0.3 is 0 Å². The zero-order valence-corrected chi connectivity index (χ0v) is 19.1. The molecule has 1 aromatic carbocycles. The topological polar surface area (TPSA) is 92.3 Å². The number of benzene rings is 1. The lowest BCUT2D eigenvalue weighted by atomic mass is 10.1. The van der Waals surface area contributed by atoms with E-state index in [9.17, 15) is 4.79 Å². The van der Waals surface area contributed by atoms with E-state index >= 15 is 0 Å². The molecule has 0 spiro atoms. The van der Waals surface area contributed by atoms with Gasteiger partial charge in [0.15, 0.2) is 0 Å². The second kappa shape index (κ2) is 8.24. The summed E-state index contributed by atoms with van der Waals surface area (Å²) >= 11 is 1.65. The molecule has 2 fully saturated rings. The average Bonchev–Trinajstić information content (AvgIpc) is 3.62. The highest BCUT2D eigenvalue weighted by molar-refractivity contribution is 7.21. The predicted octanol–water partition coefficient (Wildman–Crippen LogP) is 4.13. The zero-order chi connectivity index (χ0) is 22.4. The Bertz CT molecular complexity index is 1360. The first-order valence-corrected chi connectivity index (χ1v) is 12.0. The van der Waals surface area contributed by atoms with E-state index in [4.69, 9.17) is 9.72 Å². The maximum atomic E-state index is 12.3. The second-order valence-electron chi connectivity index (χ2n) is 8.42. The summed E-state index contributed by atoms with van der Waals surface area (Å²) in [6.07, 6.45) is 5.53. The van der Waals surface area contributed by atoms with Crippen molar-refractivity contribution in [2.75, 3.05) is 48.9 Å². The number of anilines is 3. The van der Waals surface area contributed by atoms with Crippen LogP contribution >= 0.6 is 11.3 Å². The van der Waals surface area contributed by atoms with Crippen molar-refractivity contribution in [3.8, 4) is 10.6 Å². The number of nitrogens with one attached hydrogen (secondary N) is 2. The van der Waals surface area contributed by atoms with Gasteiger partial charge in [0.25, 0.3) is 0 Å². The van der Waals surface area contributed by atoms with Gasteiger partial charge in [-0.2, -0.15) is 0 Å². The molecule has 1 saturated heterocycles. The van der Waals surface area contributed by atoms with Crippen molar-refractivity contribution in [1.29, 1.82) is 0 Å². The van der Waals surface area contributed by atoms with Gasteiger partial charge in [-0.05, 0) is 37.1 Å². The summed E-state index contributed by atoms with van der Waals surface area (Å²) in [6.45, 7) is 3.32. The maximum absolute atomic E-state index is 12.3. The largest absolute Gasteiger partial charge is 0.378 e. The third-order valence-corrected chi connectivity index (χ3v) is 7.24. The number of aromatic nitrogens is 3. The fourth-order valence-corrected chi connectivity index (χ4v) is 5.22. The molecule has 2 N–H and O–H groups in total. The van der Waals surface area contributed by atoms with E-state index in [1.54, 1.807) is 17.5 Å². The van der Waals surface area contributed by atoms with Crippen LogP contribution in [-0.4, -0.2) is 54.2 Å². The highest BCUT2D eigenvalue weighted by atomic mass is 32.1. The van der Waals surface area contributed by atoms with Crippen LogP contribution in [0, 0.1) is 5.92 Å². The third-order valence-electron chi connectivity index (χ3n) is 6.19. The number of nitrogens with zero attached hydrogens (tertiary/aromatic N) is 4. The van der Waals surface area contributed by atoms with E-state index in [1.807, 2.05) is 19.3 Å². The molecule has 0 bridgehead atoms. The van der Waals surface area contributed by atoms with Crippen LogP contribution in [0.5, 0.6) is 0 Å². The van der Waals surface area contributed by atoms with Crippen molar-refractivity contribution in [2.45, 2.75) is 12.8 Å². The van der Waals surface area contributed by atoms with Gasteiger partial charge in [0.05, 0.1) is 23.4 Å². The summed E-state index contributed by atoms with van der Waals surface area (Å²) in [6, 6.07) is 8.36. The first-order chi connectivity index (χ1) is 16.2. The van der Waals surface area contributed by atoms with Gasteiger partial charge in [0.1, 0.15) is 16.6 Å². The number of carbonyl (C=O) groups excluding carboxylic acids is 1. The lowest BCUT2D eigenvalue weighted by Gasteiger charge is -2.28. The van der Waals surface area contributed by atoms with Crippen molar-refractivity contribution < 1.29 is 9.53 Å². The minimum atomic E-state index is 0.0434. The number of fused-ring (bicyclic) bond motifs is 2. The molecule has 6 rings (SSSR count). The normalized spacial score (nSPS) is 16.3. The van der Waals surface area contributed by atoms with E-state index in [0.717, 1.165) is 76.5 Å². The Labute approximate surface area is 195 Å². The molecule has 33 heavy (non-hydrogen) atoms. The minimum Gasteiger partial charge on any atom is -0.378 e. The molecule has 4 aromatic rings. The van der Waals surface area contributed by atoms with Crippen molar-refractivity contribution in [3.05, 3.63) is 36.7 Å². The average molecular weight is 461 g/mol. The van der Waals surface area contributed by atoms with E-state index < -0.39 is 0 Å². The third kappa shape index (κ3) is 3.87. The zero-order valence-electron chi connectivity index (χ0n) is 18.3. The first kappa shape index (κ1) is 20.3. The Hall–Kier alpha value is -3.30. The van der Waals surface area contributed by atoms with E-state index in [2.05, 4.69) is 43.7 Å². The Morgan fingerprint density at radius 2 is 1.97 bits per heavy atom. The predicted molar refractivity (Wildman–Crippen MR) is 132 cm³/mol. The molecule has 1 amide bonds. The lowest BCUT2D eigenvalue weighted by molar-refractivity contribution is -0.117. The molecular weight excluding hydrogens is 436 g/mol. The molecule has 1 saturated carbocycles. The maximum Gasteiger partial charge on any atom is 0.228 e. The Morgan fingerprint density at radius 3 is 2.76 bits per heavy atom. The van der Waals surface area contributed by atoms with Crippen LogP contribution < -0.4 is 15.5 Å². The molecule has 2 aliphatic rings. The fourth-order valence-electron chi connectivity index (χ4n) is 4.19. The number of hydrogen-bond acceptors (Lipinski definition) is 8. The minimum absolute atomic E-state index is 0.0434. The number of rotatable bonds is 5. The van der Waals surface area contributed by atoms with Crippen LogP contribution in [-0.2, 0) is 9.53 Å². The van der Waals surface area contributed by atoms with Gasteiger partial charge in [0, 0.05) is 60.5 Å². The number of morpholine rings is 1. The van der Waals surface area contributed by atoms with Crippen LogP contribution in [0.3, 0.4) is 0 Å². The molecule has 0 unspecified atom stereocenters. The number of amides is 1. The van der Waals surface area contributed by atoms with Gasteiger partial charge in [-0.1, -0.05) is 0 Å². The number of ether oxygens (including phenoxy) is 1. The summed E-state index contributed by atoms with van der Waals surface area (Å²) < 4.78 is 6.62. The van der Waals surface area contributed by atoms with Crippen molar-refractivity contribution >= 4 is 55.6 Å². The lowest BCUT2D eigenvalue weighted by Crippen LogP contribution is -2.36. The van der Waals surface area contributed by atoms with Crippen LogP contribution in [0.2, 0.25) is 0 Å². The number of hydrogen-bond donors (Lipinski definition) is 2. The summed E-state index contributed by atoms with van der Waals surface area (Å²) in [5.41, 5.74) is 3.10. The summed E-state index contributed by atoms with van der Waals surface area (Å²) in [5, 5.41) is 8.85. The number of pyridine rings is 2. The first-order valence-electron chi connectivity index (χ1n) is 11.2. The van der Waals surface area contributed by atoms with Gasteiger partial charge in [-0.15, -0.1) is 11.3 Å². The molecule has 8 nitrogen and oxygen atoms in total. The van der Waals surface area contributed by atoms with Gasteiger partial charge in [-0.3, -0.25) is 4.79 Å². The Kier molecular flexibility index (Phi) is 5.07. The second-order valence-corrected chi connectivity index (χ2v) is 9.45. The molecular formula is C24H24N6O2S. The monoisotopic (exact) mass is 460 g/mol. The smallest absolute Gasteiger partial charge is 0.228 e. The standard InChI is InChI=1S/C24H24N6O2S/c1-25-22-17-12-26-21(29-23(31)14-2-3-14)11-16(17)18(13-27-22)24-28-19-5-4-15(10-20(19)33-24)30-6-8-32-9-7-30/h4-5,10-14H,2-3,6-9H2,1H3,(H,25,27)(H,26,29,31). The van der Waals surface area contributed by atoms with Crippen LogP contribution in [0.15, 0.2) is 36.7 Å². The van der Waals surface area contributed by atoms with E-state index in [1.165, 1.54) is 5.69 Å². The van der Waals surface area contributed by atoms with E-state index in [0.29, 0.717) is 5.82 Å². The van der Waals surface area contributed by atoms with Gasteiger partial charge in [-0.25, -0.2) is 15.0 Å². The van der Waals surface area contributed by atoms with Crippen LogP contribution in [0.4, 0.5) is 17.3 Å². The molecule has 168 valence electrons. The van der Waals surface area contributed by atoms with Crippen molar-refractivity contribution in [2.24, 2.45) is 5.92 Å².